The number of piperazine rings is 1. The molecule has 1 fully saturated rings. The molecule has 0 aromatic carbocycles. The van der Waals surface area contributed by atoms with E-state index in [2.05, 4.69) is 5.32 Å². The zero-order chi connectivity index (χ0) is 15.2. The van der Waals surface area contributed by atoms with Crippen LogP contribution in [-0.4, -0.2) is 68.9 Å². The fraction of sp³-hybridized carbons (Fsp3) is 0.917. The summed E-state index contributed by atoms with van der Waals surface area (Å²) in [5.41, 5.74) is 0. The molecule has 118 valence electrons. The minimum absolute atomic E-state index is 0.141. The Morgan fingerprint density at radius 2 is 1.95 bits per heavy atom. The topological polar surface area (TPSA) is 79.0 Å². The molecule has 0 amide bonds. The number of carbonyl (C=O) groups is 1. The number of rotatable bonds is 7. The molecule has 1 aliphatic rings. The van der Waals surface area contributed by atoms with Gasteiger partial charge in [0.15, 0.2) is 0 Å². The van der Waals surface area contributed by atoms with Gasteiger partial charge in [0.2, 0.25) is 0 Å². The maximum atomic E-state index is 12.6. The molecule has 0 saturated carbocycles. The summed E-state index contributed by atoms with van der Waals surface area (Å²) in [5, 5.41) is 3.11. The molecule has 0 bridgehead atoms. The lowest BCUT2D eigenvalue weighted by Gasteiger charge is -2.32. The number of ether oxygens (including phenoxy) is 1. The van der Waals surface area contributed by atoms with E-state index in [1.54, 1.807) is 6.92 Å². The van der Waals surface area contributed by atoms with Gasteiger partial charge in [0.05, 0.1) is 6.61 Å². The Kier molecular flexibility index (Phi) is 6.87. The second kappa shape index (κ2) is 7.92. The molecule has 0 aromatic rings. The molecule has 1 aliphatic heterocycles. The minimum atomic E-state index is -3.61. The van der Waals surface area contributed by atoms with Gasteiger partial charge >= 0.3 is 5.97 Å². The van der Waals surface area contributed by atoms with E-state index in [0.29, 0.717) is 32.7 Å². The quantitative estimate of drug-likeness (QED) is 0.651. The molecule has 0 aliphatic carbocycles. The lowest BCUT2D eigenvalue weighted by molar-refractivity contribution is -0.143. The van der Waals surface area contributed by atoms with Crippen molar-refractivity contribution in [2.45, 2.75) is 20.8 Å². The highest BCUT2D eigenvalue weighted by Crippen LogP contribution is 2.12. The first-order valence-electron chi connectivity index (χ1n) is 6.99. The molecule has 8 heteroatoms. The van der Waals surface area contributed by atoms with E-state index in [0.717, 1.165) is 0 Å². The van der Waals surface area contributed by atoms with Crippen molar-refractivity contribution in [1.29, 1.82) is 0 Å². The van der Waals surface area contributed by atoms with Crippen molar-refractivity contribution in [2.75, 3.05) is 45.9 Å². The van der Waals surface area contributed by atoms with Crippen LogP contribution in [0.15, 0.2) is 0 Å². The molecule has 0 aromatic heterocycles. The van der Waals surface area contributed by atoms with Gasteiger partial charge in [-0.3, -0.25) is 4.79 Å². The van der Waals surface area contributed by atoms with E-state index in [4.69, 9.17) is 4.74 Å². The summed E-state index contributed by atoms with van der Waals surface area (Å²) in [7, 11) is -3.61. The van der Waals surface area contributed by atoms with E-state index in [9.17, 15) is 13.2 Å². The Bertz CT molecular complexity index is 405. The van der Waals surface area contributed by atoms with Crippen molar-refractivity contribution in [3.63, 3.8) is 0 Å². The molecule has 0 spiro atoms. The Balaban J connectivity index is 2.81. The third kappa shape index (κ3) is 5.01. The van der Waals surface area contributed by atoms with Crippen LogP contribution < -0.4 is 5.32 Å². The van der Waals surface area contributed by atoms with Crippen molar-refractivity contribution >= 4 is 16.2 Å². The highest BCUT2D eigenvalue weighted by atomic mass is 32.2. The Morgan fingerprint density at radius 1 is 1.35 bits per heavy atom. The van der Waals surface area contributed by atoms with Gasteiger partial charge in [0.25, 0.3) is 10.2 Å². The van der Waals surface area contributed by atoms with Crippen LogP contribution in [-0.2, 0) is 19.7 Å². The first-order chi connectivity index (χ1) is 9.37. The number of hydrogen-bond acceptors (Lipinski definition) is 5. The van der Waals surface area contributed by atoms with E-state index in [1.807, 2.05) is 13.8 Å². The highest BCUT2D eigenvalue weighted by molar-refractivity contribution is 7.86. The Morgan fingerprint density at radius 3 is 2.45 bits per heavy atom. The summed E-state index contributed by atoms with van der Waals surface area (Å²) < 4.78 is 32.7. The molecule has 1 heterocycles. The summed E-state index contributed by atoms with van der Waals surface area (Å²) in [6.45, 7) is 8.01. The van der Waals surface area contributed by atoms with Crippen LogP contribution in [0.4, 0.5) is 0 Å². The molecule has 0 unspecified atom stereocenters. The van der Waals surface area contributed by atoms with E-state index >= 15 is 0 Å². The summed E-state index contributed by atoms with van der Waals surface area (Å²) in [6, 6.07) is 0. The van der Waals surface area contributed by atoms with Gasteiger partial charge in [-0.1, -0.05) is 13.8 Å². The summed E-state index contributed by atoms with van der Waals surface area (Å²) in [5.74, 6) is -0.367. The SMILES string of the molecule is CCOC(=O)CN(CC(C)C)S(=O)(=O)N1CCNCC1. The van der Waals surface area contributed by atoms with Crippen LogP contribution in [0.3, 0.4) is 0 Å². The van der Waals surface area contributed by atoms with Crippen LogP contribution in [0.5, 0.6) is 0 Å². The van der Waals surface area contributed by atoms with Gasteiger partial charge in [0, 0.05) is 32.7 Å². The molecule has 1 rings (SSSR count). The van der Waals surface area contributed by atoms with Crippen LogP contribution in [0, 0.1) is 5.92 Å². The second-order valence-electron chi connectivity index (χ2n) is 5.15. The maximum absolute atomic E-state index is 12.6. The molecule has 7 nitrogen and oxygen atoms in total. The first kappa shape index (κ1) is 17.4. The van der Waals surface area contributed by atoms with Gasteiger partial charge in [-0.05, 0) is 12.8 Å². The maximum Gasteiger partial charge on any atom is 0.321 e. The second-order valence-corrected chi connectivity index (χ2v) is 7.08. The average molecular weight is 307 g/mol. The van der Waals surface area contributed by atoms with Gasteiger partial charge in [-0.25, -0.2) is 0 Å². The number of esters is 1. The molecule has 1 N–H and O–H groups in total. The molecule has 1 saturated heterocycles. The minimum Gasteiger partial charge on any atom is -0.465 e. The predicted octanol–water partition coefficient (Wildman–Crippen LogP) is -0.342. The molecule has 0 radical (unpaired) electrons. The van der Waals surface area contributed by atoms with E-state index < -0.39 is 16.2 Å². The van der Waals surface area contributed by atoms with Crippen LogP contribution in [0.1, 0.15) is 20.8 Å². The zero-order valence-electron chi connectivity index (χ0n) is 12.5. The number of nitrogens with zero attached hydrogens (tertiary/aromatic N) is 2. The fourth-order valence-electron chi connectivity index (χ4n) is 2.04. The average Bonchev–Trinajstić information content (AvgIpc) is 2.38. The monoisotopic (exact) mass is 307 g/mol. The van der Waals surface area contributed by atoms with Crippen LogP contribution in [0.2, 0.25) is 0 Å². The van der Waals surface area contributed by atoms with E-state index in [1.165, 1.54) is 8.61 Å². The van der Waals surface area contributed by atoms with Gasteiger partial charge in [-0.15, -0.1) is 0 Å². The van der Waals surface area contributed by atoms with Gasteiger partial charge in [-0.2, -0.15) is 17.0 Å². The molecular formula is C12H25N3O4S. The fourth-order valence-corrected chi connectivity index (χ4v) is 3.76. The van der Waals surface area contributed by atoms with Crippen LogP contribution in [0.25, 0.3) is 0 Å². The largest absolute Gasteiger partial charge is 0.465 e. The lowest BCUT2D eigenvalue weighted by Crippen LogP contribution is -2.53. The number of hydrogen-bond donors (Lipinski definition) is 1. The van der Waals surface area contributed by atoms with E-state index in [-0.39, 0.29) is 19.1 Å². The summed E-state index contributed by atoms with van der Waals surface area (Å²) in [4.78, 5) is 11.6. The van der Waals surface area contributed by atoms with Crippen LogP contribution >= 0.6 is 0 Å². The summed E-state index contributed by atoms with van der Waals surface area (Å²) in [6.07, 6.45) is 0. The third-order valence-electron chi connectivity index (χ3n) is 2.91. The molecule has 20 heavy (non-hydrogen) atoms. The smallest absolute Gasteiger partial charge is 0.321 e. The van der Waals surface area contributed by atoms with Crippen molar-refractivity contribution in [3.8, 4) is 0 Å². The number of carbonyl (C=O) groups excluding carboxylic acids is 1. The van der Waals surface area contributed by atoms with Gasteiger partial charge < -0.3 is 10.1 Å². The summed E-state index contributed by atoms with van der Waals surface area (Å²) >= 11 is 0. The Hall–Kier alpha value is -0.700. The third-order valence-corrected chi connectivity index (χ3v) is 4.86. The predicted molar refractivity (Wildman–Crippen MR) is 76.4 cm³/mol. The Labute approximate surface area is 121 Å². The highest BCUT2D eigenvalue weighted by Gasteiger charge is 2.32. The zero-order valence-corrected chi connectivity index (χ0v) is 13.3. The first-order valence-corrected chi connectivity index (χ1v) is 8.39. The van der Waals surface area contributed by atoms with Crippen molar-refractivity contribution in [3.05, 3.63) is 0 Å². The molecule has 0 atom stereocenters. The normalized spacial score (nSPS) is 17.6. The standard InChI is InChI=1S/C12H25N3O4S/c1-4-19-12(16)10-15(9-11(2)3)20(17,18)14-7-5-13-6-8-14/h11,13H,4-10H2,1-3H3. The van der Waals surface area contributed by atoms with Crippen molar-refractivity contribution in [2.24, 2.45) is 5.92 Å². The number of nitrogens with one attached hydrogen (secondary N) is 1. The lowest BCUT2D eigenvalue weighted by atomic mass is 10.2. The molecular weight excluding hydrogens is 282 g/mol. The van der Waals surface area contributed by atoms with Crippen molar-refractivity contribution in [1.82, 2.24) is 13.9 Å². The van der Waals surface area contributed by atoms with Gasteiger partial charge in [0.1, 0.15) is 6.54 Å². The van der Waals surface area contributed by atoms with Crippen molar-refractivity contribution < 1.29 is 17.9 Å².